The van der Waals surface area contributed by atoms with Gasteiger partial charge in [0.15, 0.2) is 0 Å². The van der Waals surface area contributed by atoms with Crippen LogP contribution < -0.4 is 20.7 Å². The molecule has 0 aliphatic carbocycles. The summed E-state index contributed by atoms with van der Waals surface area (Å²) in [4.78, 5) is 28.0. The molecule has 1 heterocycles. The first-order chi connectivity index (χ1) is 14.5. The number of para-hydroxylation sites is 1. The van der Waals surface area contributed by atoms with Crippen molar-refractivity contribution in [2.24, 2.45) is 0 Å². The highest BCUT2D eigenvalue weighted by Crippen LogP contribution is 2.25. The molecule has 7 nitrogen and oxygen atoms in total. The Morgan fingerprint density at radius 1 is 1.03 bits per heavy atom. The Morgan fingerprint density at radius 3 is 2.57 bits per heavy atom. The number of ether oxygens (including phenoxy) is 1. The molecule has 3 aromatic rings. The van der Waals surface area contributed by atoms with Crippen LogP contribution in [0.25, 0.3) is 0 Å². The van der Waals surface area contributed by atoms with Gasteiger partial charge in [-0.3, -0.25) is 9.78 Å². The normalized spacial score (nSPS) is 11.3. The van der Waals surface area contributed by atoms with Crippen LogP contribution in [0, 0.1) is 0 Å². The van der Waals surface area contributed by atoms with Gasteiger partial charge in [0.1, 0.15) is 17.2 Å². The summed E-state index contributed by atoms with van der Waals surface area (Å²) < 4.78 is 5.86. The number of pyridine rings is 1. The van der Waals surface area contributed by atoms with Gasteiger partial charge in [0.05, 0.1) is 16.8 Å². The van der Waals surface area contributed by atoms with Crippen molar-refractivity contribution in [3.8, 4) is 11.5 Å². The van der Waals surface area contributed by atoms with E-state index in [-0.39, 0.29) is 23.7 Å². The topological polar surface area (TPSA) is 92.4 Å². The van der Waals surface area contributed by atoms with E-state index in [9.17, 15) is 9.59 Å². The number of hydrogen-bond donors (Lipinski definition) is 3. The minimum absolute atomic E-state index is 0.262. The fourth-order valence-electron chi connectivity index (χ4n) is 2.71. The van der Waals surface area contributed by atoms with Gasteiger partial charge in [0, 0.05) is 19.3 Å². The molecular weight excluding hydrogens is 404 g/mol. The van der Waals surface area contributed by atoms with Gasteiger partial charge in [-0.25, -0.2) is 4.79 Å². The third-order valence-corrected chi connectivity index (χ3v) is 4.58. The molecule has 1 aromatic heterocycles. The van der Waals surface area contributed by atoms with E-state index in [4.69, 9.17) is 16.3 Å². The molecule has 3 amide bonds. The highest BCUT2D eigenvalue weighted by molar-refractivity contribution is 6.33. The van der Waals surface area contributed by atoms with Crippen LogP contribution >= 0.6 is 11.6 Å². The Kier molecular flexibility index (Phi) is 6.87. The molecule has 30 heavy (non-hydrogen) atoms. The van der Waals surface area contributed by atoms with E-state index in [1.54, 1.807) is 42.5 Å². The number of nitrogens with zero attached hydrogens (tertiary/aromatic N) is 1. The Balaban J connectivity index is 1.66. The van der Waals surface area contributed by atoms with Gasteiger partial charge < -0.3 is 20.7 Å². The summed E-state index contributed by atoms with van der Waals surface area (Å²) in [5, 5.41) is 8.58. The van der Waals surface area contributed by atoms with Crippen LogP contribution in [0.5, 0.6) is 11.5 Å². The summed E-state index contributed by atoms with van der Waals surface area (Å²) in [6.07, 6.45) is 1.51. The molecule has 1 unspecified atom stereocenters. The van der Waals surface area contributed by atoms with E-state index in [2.05, 4.69) is 20.9 Å². The average Bonchev–Trinajstić information content (AvgIpc) is 2.75. The number of amides is 3. The van der Waals surface area contributed by atoms with E-state index in [1.165, 1.54) is 13.2 Å². The molecule has 1 atom stereocenters. The van der Waals surface area contributed by atoms with Crippen LogP contribution in [0.4, 0.5) is 10.5 Å². The van der Waals surface area contributed by atoms with E-state index in [0.29, 0.717) is 22.2 Å². The first kappa shape index (κ1) is 21.1. The molecule has 0 spiro atoms. The summed E-state index contributed by atoms with van der Waals surface area (Å²) in [6, 6.07) is 16.9. The fraction of sp³-hybridized carbons (Fsp3) is 0.136. The Hall–Kier alpha value is -3.58. The Bertz CT molecular complexity index is 1060. The van der Waals surface area contributed by atoms with Crippen molar-refractivity contribution < 1.29 is 14.3 Å². The second-order valence-electron chi connectivity index (χ2n) is 6.43. The lowest BCUT2D eigenvalue weighted by Gasteiger charge is -2.16. The van der Waals surface area contributed by atoms with Crippen LogP contribution in [0.15, 0.2) is 66.9 Å². The van der Waals surface area contributed by atoms with Gasteiger partial charge in [-0.15, -0.1) is 0 Å². The summed E-state index contributed by atoms with van der Waals surface area (Å²) in [7, 11) is 1.54. The maximum absolute atomic E-state index is 12.3. The molecule has 3 rings (SSSR count). The average molecular weight is 425 g/mol. The van der Waals surface area contributed by atoms with Crippen LogP contribution in [0.3, 0.4) is 0 Å². The minimum Gasteiger partial charge on any atom is -0.457 e. The first-order valence-corrected chi connectivity index (χ1v) is 9.62. The number of nitrogens with one attached hydrogen (secondary N) is 3. The van der Waals surface area contributed by atoms with E-state index >= 15 is 0 Å². The van der Waals surface area contributed by atoms with Gasteiger partial charge in [-0.1, -0.05) is 35.9 Å². The second-order valence-corrected chi connectivity index (χ2v) is 6.84. The SMILES string of the molecule is CNC(=O)c1cc(Oc2cccc(C(C)NC(=O)Nc3ccccc3Cl)c2)ccn1. The molecule has 154 valence electrons. The van der Waals surface area contributed by atoms with Crippen molar-refractivity contribution >= 4 is 29.2 Å². The third kappa shape index (κ3) is 5.48. The molecule has 0 aliphatic rings. The monoisotopic (exact) mass is 424 g/mol. The van der Waals surface area contributed by atoms with Crippen LogP contribution in [0.1, 0.15) is 29.0 Å². The van der Waals surface area contributed by atoms with Crippen molar-refractivity contribution in [2.75, 3.05) is 12.4 Å². The quantitative estimate of drug-likeness (QED) is 0.531. The predicted molar refractivity (Wildman–Crippen MR) is 116 cm³/mol. The third-order valence-electron chi connectivity index (χ3n) is 4.25. The summed E-state index contributed by atoms with van der Waals surface area (Å²) in [5.41, 5.74) is 1.64. The number of anilines is 1. The molecule has 0 aliphatic heterocycles. The van der Waals surface area contributed by atoms with Crippen LogP contribution in [-0.4, -0.2) is 24.0 Å². The lowest BCUT2D eigenvalue weighted by atomic mass is 10.1. The van der Waals surface area contributed by atoms with Gasteiger partial charge in [0.25, 0.3) is 5.91 Å². The van der Waals surface area contributed by atoms with Crippen LogP contribution in [-0.2, 0) is 0 Å². The zero-order valence-electron chi connectivity index (χ0n) is 16.5. The maximum atomic E-state index is 12.3. The number of hydrogen-bond acceptors (Lipinski definition) is 4. The number of urea groups is 1. The van der Waals surface area contributed by atoms with E-state index < -0.39 is 0 Å². The molecule has 0 saturated carbocycles. The van der Waals surface area contributed by atoms with Crippen molar-refractivity contribution in [3.05, 3.63) is 83.1 Å². The maximum Gasteiger partial charge on any atom is 0.319 e. The van der Waals surface area contributed by atoms with Crippen molar-refractivity contribution in [3.63, 3.8) is 0 Å². The van der Waals surface area contributed by atoms with Gasteiger partial charge in [0.2, 0.25) is 0 Å². The van der Waals surface area contributed by atoms with Crippen molar-refractivity contribution in [1.82, 2.24) is 15.6 Å². The Labute approximate surface area is 179 Å². The molecule has 0 fully saturated rings. The van der Waals surface area contributed by atoms with E-state index in [1.807, 2.05) is 25.1 Å². The summed E-state index contributed by atoms with van der Waals surface area (Å²) >= 11 is 6.07. The predicted octanol–water partition coefficient (Wildman–Crippen LogP) is 4.77. The Morgan fingerprint density at radius 2 is 1.80 bits per heavy atom. The molecule has 8 heteroatoms. The number of benzene rings is 2. The smallest absolute Gasteiger partial charge is 0.319 e. The highest BCUT2D eigenvalue weighted by atomic mass is 35.5. The summed E-state index contributed by atoms with van der Waals surface area (Å²) in [6.45, 7) is 1.86. The van der Waals surface area contributed by atoms with E-state index in [0.717, 1.165) is 5.56 Å². The summed E-state index contributed by atoms with van der Waals surface area (Å²) in [5.74, 6) is 0.760. The van der Waals surface area contributed by atoms with Crippen LogP contribution in [0.2, 0.25) is 5.02 Å². The van der Waals surface area contributed by atoms with Crippen molar-refractivity contribution in [1.29, 1.82) is 0 Å². The standard InChI is InChI=1S/C22H21ClN4O3/c1-14(26-22(29)27-19-9-4-3-8-18(19)23)15-6-5-7-16(12-15)30-17-10-11-25-20(13-17)21(28)24-2/h3-14H,1-2H3,(H,24,28)(H2,26,27,29). The molecule has 3 N–H and O–H groups in total. The zero-order chi connectivity index (χ0) is 21.5. The van der Waals surface area contributed by atoms with Crippen molar-refractivity contribution in [2.45, 2.75) is 13.0 Å². The minimum atomic E-state index is -0.369. The zero-order valence-corrected chi connectivity index (χ0v) is 17.2. The first-order valence-electron chi connectivity index (χ1n) is 9.24. The lowest BCUT2D eigenvalue weighted by molar-refractivity contribution is 0.0958. The fourth-order valence-corrected chi connectivity index (χ4v) is 2.89. The molecule has 0 radical (unpaired) electrons. The number of aromatic nitrogens is 1. The largest absolute Gasteiger partial charge is 0.457 e. The van der Waals surface area contributed by atoms with Gasteiger partial charge in [-0.05, 0) is 42.8 Å². The molecule has 0 bridgehead atoms. The number of rotatable bonds is 6. The molecule has 2 aromatic carbocycles. The van der Waals surface area contributed by atoms with Gasteiger partial charge >= 0.3 is 6.03 Å². The molecular formula is C22H21ClN4O3. The second kappa shape index (κ2) is 9.76. The number of halogens is 1. The molecule has 0 saturated heterocycles. The highest BCUT2D eigenvalue weighted by Gasteiger charge is 2.12. The number of carbonyl (C=O) groups excluding carboxylic acids is 2. The lowest BCUT2D eigenvalue weighted by Crippen LogP contribution is -2.31. The number of carbonyl (C=O) groups is 2. The van der Waals surface area contributed by atoms with Gasteiger partial charge in [-0.2, -0.15) is 0 Å².